The summed E-state index contributed by atoms with van der Waals surface area (Å²) in [5.41, 5.74) is 0.757. The maximum atomic E-state index is 9.85. The van der Waals surface area contributed by atoms with E-state index in [0.29, 0.717) is 13.0 Å². The van der Waals surface area contributed by atoms with Gasteiger partial charge in [0.1, 0.15) is 30.6 Å². The van der Waals surface area contributed by atoms with E-state index in [-0.39, 0.29) is 11.5 Å². The number of benzene rings is 1. The largest absolute Gasteiger partial charge is 0.504 e. The van der Waals surface area contributed by atoms with Gasteiger partial charge in [-0.25, -0.2) is 0 Å². The van der Waals surface area contributed by atoms with Crippen molar-refractivity contribution in [3.63, 3.8) is 0 Å². The molecular formula is C14H21NO7. The van der Waals surface area contributed by atoms with Gasteiger partial charge in [-0.05, 0) is 24.1 Å². The number of phenolic OH excluding ortho intramolecular Hbond substituents is 2. The molecule has 1 aliphatic rings. The van der Waals surface area contributed by atoms with E-state index in [1.807, 2.05) is 0 Å². The zero-order valence-electron chi connectivity index (χ0n) is 11.8. The van der Waals surface area contributed by atoms with Crippen molar-refractivity contribution < 1.29 is 35.4 Å². The van der Waals surface area contributed by atoms with E-state index in [1.165, 1.54) is 12.1 Å². The van der Waals surface area contributed by atoms with Gasteiger partial charge in [0.05, 0.1) is 6.61 Å². The molecule has 1 heterocycles. The van der Waals surface area contributed by atoms with Gasteiger partial charge < -0.3 is 35.4 Å². The van der Waals surface area contributed by atoms with Crippen molar-refractivity contribution in [2.45, 2.75) is 37.1 Å². The average Bonchev–Trinajstić information content (AvgIpc) is 2.51. The Morgan fingerprint density at radius 2 is 1.73 bits per heavy atom. The molecule has 8 nitrogen and oxygen atoms in total. The average molecular weight is 315 g/mol. The van der Waals surface area contributed by atoms with Crippen LogP contribution in [-0.4, -0.2) is 74.4 Å². The predicted molar refractivity (Wildman–Crippen MR) is 75.2 cm³/mol. The van der Waals surface area contributed by atoms with Gasteiger partial charge in [-0.3, -0.25) is 5.32 Å². The molecule has 1 aromatic rings. The number of rotatable bonds is 5. The zero-order chi connectivity index (χ0) is 16.3. The summed E-state index contributed by atoms with van der Waals surface area (Å²) in [5, 5.41) is 59.7. The highest BCUT2D eigenvalue weighted by Crippen LogP contribution is 2.25. The zero-order valence-corrected chi connectivity index (χ0v) is 11.8. The van der Waals surface area contributed by atoms with Crippen LogP contribution in [0.15, 0.2) is 18.2 Å². The number of aromatic hydroxyl groups is 2. The van der Waals surface area contributed by atoms with E-state index >= 15 is 0 Å². The molecule has 0 radical (unpaired) electrons. The van der Waals surface area contributed by atoms with Crippen LogP contribution in [0, 0.1) is 0 Å². The molecular weight excluding hydrogens is 294 g/mol. The maximum Gasteiger partial charge on any atom is 0.157 e. The minimum absolute atomic E-state index is 0.203. The van der Waals surface area contributed by atoms with Gasteiger partial charge in [0.15, 0.2) is 11.5 Å². The lowest BCUT2D eigenvalue weighted by Gasteiger charge is -2.40. The summed E-state index contributed by atoms with van der Waals surface area (Å²) in [4.78, 5) is 0. The number of aliphatic hydroxyl groups excluding tert-OH is 4. The second kappa shape index (κ2) is 7.23. The van der Waals surface area contributed by atoms with Crippen LogP contribution in [0.1, 0.15) is 5.56 Å². The summed E-state index contributed by atoms with van der Waals surface area (Å²) in [7, 11) is 0. The third-order valence-corrected chi connectivity index (χ3v) is 3.69. The fraction of sp³-hybridized carbons (Fsp3) is 0.571. The minimum Gasteiger partial charge on any atom is -0.504 e. The summed E-state index contributed by atoms with van der Waals surface area (Å²) in [5.74, 6) is -0.420. The number of hydrogen-bond donors (Lipinski definition) is 7. The van der Waals surface area contributed by atoms with Crippen LogP contribution < -0.4 is 5.32 Å². The number of phenols is 2. The van der Waals surface area contributed by atoms with Crippen molar-refractivity contribution >= 4 is 0 Å². The molecule has 1 aliphatic heterocycles. The molecule has 0 aliphatic carbocycles. The third-order valence-electron chi connectivity index (χ3n) is 3.69. The smallest absolute Gasteiger partial charge is 0.157 e. The Hall–Kier alpha value is -1.42. The SMILES string of the molecule is OC[C@H]1O[C@H](NCCc2ccc(O)c(O)c2)[C@H](O)[C@@H](O)[C@H]1O. The summed E-state index contributed by atoms with van der Waals surface area (Å²) >= 11 is 0. The Morgan fingerprint density at radius 3 is 2.36 bits per heavy atom. The second-order valence-electron chi connectivity index (χ2n) is 5.28. The monoisotopic (exact) mass is 315 g/mol. The molecule has 22 heavy (non-hydrogen) atoms. The standard InChI is InChI=1S/C14H21NO7/c16-6-10-11(19)12(20)13(21)14(22-10)15-4-3-7-1-2-8(17)9(18)5-7/h1-2,5,10-21H,3-4,6H2/t10-,11+,12+,13-,14+/m1/s1. The van der Waals surface area contributed by atoms with Crippen LogP contribution in [0.5, 0.6) is 11.5 Å². The maximum absolute atomic E-state index is 9.85. The molecule has 124 valence electrons. The molecule has 0 aromatic heterocycles. The van der Waals surface area contributed by atoms with Gasteiger partial charge in [-0.2, -0.15) is 0 Å². The number of ether oxygens (including phenoxy) is 1. The van der Waals surface area contributed by atoms with Crippen LogP contribution in [0.4, 0.5) is 0 Å². The Balaban J connectivity index is 1.88. The van der Waals surface area contributed by atoms with Crippen molar-refractivity contribution in [3.8, 4) is 11.5 Å². The summed E-state index contributed by atoms with van der Waals surface area (Å²) < 4.78 is 5.30. The molecule has 0 bridgehead atoms. The van der Waals surface area contributed by atoms with Crippen molar-refractivity contribution in [2.75, 3.05) is 13.2 Å². The molecule has 8 heteroatoms. The normalized spacial score (nSPS) is 32.1. The van der Waals surface area contributed by atoms with Crippen molar-refractivity contribution in [3.05, 3.63) is 23.8 Å². The molecule has 1 saturated heterocycles. The highest BCUT2D eigenvalue weighted by molar-refractivity contribution is 5.40. The Kier molecular flexibility index (Phi) is 5.57. The highest BCUT2D eigenvalue weighted by atomic mass is 16.6. The Labute approximate surface area is 127 Å². The van der Waals surface area contributed by atoms with E-state index in [9.17, 15) is 25.5 Å². The lowest BCUT2D eigenvalue weighted by Crippen LogP contribution is -2.62. The quantitative estimate of drug-likeness (QED) is 0.310. The lowest BCUT2D eigenvalue weighted by atomic mass is 9.98. The molecule has 0 amide bonds. The Morgan fingerprint density at radius 1 is 1.00 bits per heavy atom. The summed E-state index contributed by atoms with van der Waals surface area (Å²) in [6.45, 7) is -0.123. The molecule has 0 spiro atoms. The van der Waals surface area contributed by atoms with Crippen LogP contribution in [0.2, 0.25) is 0 Å². The van der Waals surface area contributed by atoms with Crippen molar-refractivity contribution in [2.24, 2.45) is 0 Å². The third kappa shape index (κ3) is 3.67. The van der Waals surface area contributed by atoms with Crippen LogP contribution in [-0.2, 0) is 11.2 Å². The molecule has 2 rings (SSSR count). The predicted octanol–water partition coefficient (Wildman–Crippen LogP) is -1.97. The van der Waals surface area contributed by atoms with Crippen LogP contribution >= 0.6 is 0 Å². The first kappa shape index (κ1) is 16.9. The fourth-order valence-corrected chi connectivity index (χ4v) is 2.35. The molecule has 0 saturated carbocycles. The van der Waals surface area contributed by atoms with E-state index in [0.717, 1.165) is 5.56 Å². The van der Waals surface area contributed by atoms with Gasteiger partial charge in [-0.15, -0.1) is 0 Å². The van der Waals surface area contributed by atoms with E-state index in [4.69, 9.17) is 9.84 Å². The van der Waals surface area contributed by atoms with E-state index in [2.05, 4.69) is 5.32 Å². The topological polar surface area (TPSA) is 143 Å². The van der Waals surface area contributed by atoms with Crippen molar-refractivity contribution in [1.82, 2.24) is 5.32 Å². The fourth-order valence-electron chi connectivity index (χ4n) is 2.35. The van der Waals surface area contributed by atoms with E-state index in [1.54, 1.807) is 6.07 Å². The van der Waals surface area contributed by atoms with Crippen LogP contribution in [0.25, 0.3) is 0 Å². The summed E-state index contributed by atoms with van der Waals surface area (Å²) in [6.07, 6.45) is -5.53. The first-order valence-corrected chi connectivity index (χ1v) is 6.98. The minimum atomic E-state index is -1.42. The van der Waals surface area contributed by atoms with Crippen molar-refractivity contribution in [1.29, 1.82) is 0 Å². The van der Waals surface area contributed by atoms with Gasteiger partial charge in [0, 0.05) is 6.54 Å². The molecule has 7 N–H and O–H groups in total. The second-order valence-corrected chi connectivity index (χ2v) is 5.28. The van der Waals surface area contributed by atoms with E-state index < -0.39 is 37.3 Å². The first-order valence-electron chi connectivity index (χ1n) is 6.98. The highest BCUT2D eigenvalue weighted by Gasteiger charge is 2.43. The van der Waals surface area contributed by atoms with Crippen LogP contribution in [0.3, 0.4) is 0 Å². The van der Waals surface area contributed by atoms with Gasteiger partial charge >= 0.3 is 0 Å². The number of aliphatic hydroxyl groups is 4. The van der Waals surface area contributed by atoms with Gasteiger partial charge in [-0.1, -0.05) is 6.07 Å². The first-order chi connectivity index (χ1) is 10.4. The molecule has 5 atom stereocenters. The number of nitrogens with one attached hydrogen (secondary N) is 1. The summed E-state index contributed by atoms with van der Waals surface area (Å²) in [6, 6.07) is 4.44. The van der Waals surface area contributed by atoms with Gasteiger partial charge in [0.25, 0.3) is 0 Å². The molecule has 1 aromatic carbocycles. The number of hydrogen-bond acceptors (Lipinski definition) is 8. The molecule has 0 unspecified atom stereocenters. The Bertz CT molecular complexity index is 496. The molecule has 1 fully saturated rings. The lowest BCUT2D eigenvalue weighted by molar-refractivity contribution is -0.236. The van der Waals surface area contributed by atoms with Gasteiger partial charge in [0.2, 0.25) is 0 Å².